The second-order valence-electron chi connectivity index (χ2n) is 11.0. The molecule has 0 amide bonds. The van der Waals surface area contributed by atoms with Gasteiger partial charge in [-0.15, -0.1) is 0 Å². The molecular formula is C32H32ClFN6O2S. The number of rotatable bonds is 9. The zero-order chi connectivity index (χ0) is 30.0. The molecule has 0 atom stereocenters. The van der Waals surface area contributed by atoms with E-state index < -0.39 is 15.8 Å². The van der Waals surface area contributed by atoms with Crippen LogP contribution < -0.4 is 10.0 Å². The van der Waals surface area contributed by atoms with Crippen LogP contribution in [0.2, 0.25) is 5.02 Å². The van der Waals surface area contributed by atoms with E-state index in [2.05, 4.69) is 67.0 Å². The van der Waals surface area contributed by atoms with Crippen LogP contribution >= 0.6 is 11.6 Å². The van der Waals surface area contributed by atoms with Crippen molar-refractivity contribution >= 4 is 49.7 Å². The number of likely N-dealkylation sites (tertiary alicyclic amines) is 1. The lowest BCUT2D eigenvalue weighted by Crippen LogP contribution is -2.30. The van der Waals surface area contributed by atoms with Crippen molar-refractivity contribution in [1.82, 2.24) is 19.4 Å². The molecule has 3 aromatic carbocycles. The van der Waals surface area contributed by atoms with Crippen molar-refractivity contribution in [3.05, 3.63) is 96.2 Å². The second kappa shape index (κ2) is 12.3. The number of hydrogen-bond acceptors (Lipinski definition) is 6. The minimum absolute atomic E-state index is 0.128. The summed E-state index contributed by atoms with van der Waals surface area (Å²) in [7, 11) is -1.73. The maximum atomic E-state index is 13.4. The minimum Gasteiger partial charge on any atom is -0.347 e. The summed E-state index contributed by atoms with van der Waals surface area (Å²) in [5.74, 6) is 0.716. The Morgan fingerprint density at radius 1 is 0.953 bits per heavy atom. The maximum Gasteiger partial charge on any atom is 0.261 e. The number of anilines is 3. The molecule has 0 aliphatic carbocycles. The molecular weight excluding hydrogens is 587 g/mol. The van der Waals surface area contributed by atoms with Crippen molar-refractivity contribution in [2.45, 2.75) is 30.7 Å². The molecule has 1 fully saturated rings. The van der Waals surface area contributed by atoms with Gasteiger partial charge in [-0.3, -0.25) is 4.72 Å². The monoisotopic (exact) mass is 618 g/mol. The summed E-state index contributed by atoms with van der Waals surface area (Å²) in [5, 5.41) is 4.16. The Bertz CT molecular complexity index is 1850. The predicted molar refractivity (Wildman–Crippen MR) is 170 cm³/mol. The summed E-state index contributed by atoms with van der Waals surface area (Å²) >= 11 is 5.75. The Balaban J connectivity index is 1.11. The topological polar surface area (TPSA) is 92.2 Å². The van der Waals surface area contributed by atoms with Crippen LogP contribution in [0.5, 0.6) is 0 Å². The van der Waals surface area contributed by atoms with Gasteiger partial charge in [-0.1, -0.05) is 17.7 Å². The molecule has 1 saturated heterocycles. The third kappa shape index (κ3) is 6.82. The third-order valence-electron chi connectivity index (χ3n) is 7.96. The average molecular weight is 619 g/mol. The van der Waals surface area contributed by atoms with Crippen molar-refractivity contribution in [3.8, 4) is 11.3 Å². The number of halogens is 2. The molecule has 1 aliphatic rings. The first kappa shape index (κ1) is 29.1. The fourth-order valence-corrected chi connectivity index (χ4v) is 6.77. The number of nitrogens with zero attached hydrogens (tertiary/aromatic N) is 4. The first-order chi connectivity index (χ1) is 20.7. The first-order valence-electron chi connectivity index (χ1n) is 14.2. The number of fused-ring (bicyclic) bond motifs is 1. The highest BCUT2D eigenvalue weighted by Gasteiger charge is 2.18. The van der Waals surface area contributed by atoms with Crippen molar-refractivity contribution in [2.75, 3.05) is 30.2 Å². The van der Waals surface area contributed by atoms with Crippen LogP contribution in [0.1, 0.15) is 19.3 Å². The van der Waals surface area contributed by atoms with Gasteiger partial charge in [0.25, 0.3) is 10.0 Å². The number of nitrogens with one attached hydrogen (secondary N) is 2. The number of hydrogen-bond donors (Lipinski definition) is 2. The molecule has 0 bridgehead atoms. The zero-order valence-corrected chi connectivity index (χ0v) is 25.2. The zero-order valence-electron chi connectivity index (χ0n) is 23.7. The van der Waals surface area contributed by atoms with Gasteiger partial charge in [0.1, 0.15) is 18.0 Å². The number of benzene rings is 3. The summed E-state index contributed by atoms with van der Waals surface area (Å²) in [5.41, 5.74) is 4.08. The molecule has 2 aromatic heterocycles. The summed E-state index contributed by atoms with van der Waals surface area (Å²) < 4.78 is 43.6. The van der Waals surface area contributed by atoms with Gasteiger partial charge >= 0.3 is 0 Å². The number of aryl methyl sites for hydroxylation is 1. The summed E-state index contributed by atoms with van der Waals surface area (Å²) in [6, 6.07) is 20.4. The summed E-state index contributed by atoms with van der Waals surface area (Å²) in [6.07, 6.45) is 7.45. The Kier molecular flexibility index (Phi) is 8.34. The second-order valence-corrected chi connectivity index (χ2v) is 13.1. The fraction of sp³-hybridized carbons (Fsp3) is 0.250. The van der Waals surface area contributed by atoms with Gasteiger partial charge in [0, 0.05) is 46.6 Å². The molecule has 1 aliphatic heterocycles. The molecule has 2 N–H and O–H groups in total. The van der Waals surface area contributed by atoms with Crippen molar-refractivity contribution in [2.24, 2.45) is 5.92 Å². The molecule has 11 heteroatoms. The Morgan fingerprint density at radius 2 is 1.72 bits per heavy atom. The number of sulfonamides is 1. The van der Waals surface area contributed by atoms with Crippen LogP contribution in [0.25, 0.3) is 22.2 Å². The van der Waals surface area contributed by atoms with Crippen LogP contribution in [0.15, 0.2) is 90.2 Å². The molecule has 3 heterocycles. The molecule has 0 radical (unpaired) electrons. The van der Waals surface area contributed by atoms with Crippen molar-refractivity contribution in [1.29, 1.82) is 0 Å². The predicted octanol–water partition coefficient (Wildman–Crippen LogP) is 7.17. The average Bonchev–Trinajstić information content (AvgIpc) is 3.41. The quantitative estimate of drug-likeness (QED) is 0.182. The Labute approximate surface area is 255 Å². The standard InChI is InChI=1S/C32H32ClFN6O2S/c1-39-14-10-22(11-15-39)12-16-40-17-13-24-18-23(2-9-31(24)40)30-20-32(36-21-35-30)37-25-3-5-26(6-4-25)38-43(41,42)27-7-8-29(34)28(33)19-27/h2-9,13,17-22,38H,10-12,14-16H2,1H3,(H,35,36,37). The van der Waals surface area contributed by atoms with E-state index in [0.717, 1.165) is 47.6 Å². The van der Waals surface area contributed by atoms with Gasteiger partial charge in [0.15, 0.2) is 0 Å². The van der Waals surface area contributed by atoms with E-state index in [1.807, 2.05) is 6.07 Å². The van der Waals surface area contributed by atoms with Crippen LogP contribution in [0, 0.1) is 11.7 Å². The molecule has 222 valence electrons. The molecule has 0 unspecified atom stereocenters. The molecule has 8 nitrogen and oxygen atoms in total. The maximum absolute atomic E-state index is 13.4. The largest absolute Gasteiger partial charge is 0.347 e. The number of aromatic nitrogens is 3. The van der Waals surface area contributed by atoms with Gasteiger partial charge in [-0.2, -0.15) is 0 Å². The highest BCUT2D eigenvalue weighted by molar-refractivity contribution is 7.92. The van der Waals surface area contributed by atoms with Crippen LogP contribution in [-0.4, -0.2) is 48.0 Å². The summed E-state index contributed by atoms with van der Waals surface area (Å²) in [6.45, 7) is 3.41. The molecule has 0 saturated carbocycles. The smallest absolute Gasteiger partial charge is 0.261 e. The highest BCUT2D eigenvalue weighted by Crippen LogP contribution is 2.28. The molecule has 5 aromatic rings. The summed E-state index contributed by atoms with van der Waals surface area (Å²) in [4.78, 5) is 11.1. The van der Waals surface area contributed by atoms with Crippen molar-refractivity contribution in [3.63, 3.8) is 0 Å². The normalized spacial score (nSPS) is 14.7. The van der Waals surface area contributed by atoms with Crippen LogP contribution in [0.3, 0.4) is 0 Å². The van der Waals surface area contributed by atoms with Gasteiger partial charge in [-0.05, 0) is 106 Å². The molecule has 43 heavy (non-hydrogen) atoms. The van der Waals surface area contributed by atoms with E-state index >= 15 is 0 Å². The third-order valence-corrected chi connectivity index (χ3v) is 9.63. The van der Waals surface area contributed by atoms with Gasteiger partial charge in [0.05, 0.1) is 15.6 Å². The van der Waals surface area contributed by atoms with E-state index in [-0.39, 0.29) is 9.92 Å². The van der Waals surface area contributed by atoms with E-state index in [1.165, 1.54) is 49.6 Å². The molecule has 0 spiro atoms. The first-order valence-corrected chi connectivity index (χ1v) is 16.0. The lowest BCUT2D eigenvalue weighted by atomic mass is 9.94. The minimum atomic E-state index is -3.93. The van der Waals surface area contributed by atoms with E-state index in [9.17, 15) is 12.8 Å². The van der Waals surface area contributed by atoms with E-state index in [1.54, 1.807) is 24.3 Å². The van der Waals surface area contributed by atoms with Gasteiger partial charge < -0.3 is 14.8 Å². The van der Waals surface area contributed by atoms with Gasteiger partial charge in [-0.25, -0.2) is 22.8 Å². The fourth-order valence-electron chi connectivity index (χ4n) is 5.44. The Hall–Kier alpha value is -3.99. The lowest BCUT2D eigenvalue weighted by molar-refractivity contribution is 0.208. The van der Waals surface area contributed by atoms with E-state index in [4.69, 9.17) is 11.6 Å². The van der Waals surface area contributed by atoms with Gasteiger partial charge in [0.2, 0.25) is 0 Å². The van der Waals surface area contributed by atoms with Crippen LogP contribution in [-0.2, 0) is 16.6 Å². The highest BCUT2D eigenvalue weighted by atomic mass is 35.5. The van der Waals surface area contributed by atoms with E-state index in [0.29, 0.717) is 11.5 Å². The lowest BCUT2D eigenvalue weighted by Gasteiger charge is -2.29. The SMILES string of the molecule is CN1CCC(CCn2ccc3cc(-c4cc(Nc5ccc(NS(=O)(=O)c6ccc(F)c(Cl)c6)cc5)ncn4)ccc32)CC1. The van der Waals surface area contributed by atoms with Crippen molar-refractivity contribution < 1.29 is 12.8 Å². The van der Waals surface area contributed by atoms with Crippen LogP contribution in [0.4, 0.5) is 21.6 Å². The molecule has 6 rings (SSSR count). The Morgan fingerprint density at radius 3 is 2.49 bits per heavy atom. The number of piperidine rings is 1.